The van der Waals surface area contributed by atoms with Gasteiger partial charge in [-0.1, -0.05) is 57.2 Å². The van der Waals surface area contributed by atoms with Crippen molar-refractivity contribution in [1.29, 1.82) is 0 Å². The van der Waals surface area contributed by atoms with Gasteiger partial charge in [0, 0.05) is 26.5 Å². The lowest BCUT2D eigenvalue weighted by Gasteiger charge is -2.30. The van der Waals surface area contributed by atoms with Crippen molar-refractivity contribution in [2.75, 3.05) is 16.8 Å². The highest BCUT2D eigenvalue weighted by Gasteiger charge is 2.56. The SMILES string of the molecule is O=C(COc1ccccc1[C@H]1c2sc(=O)[nH]c2SC2C(=O)N(c3ccc(Br)cc3)C(=O)C21)Nc1ccc(F)cc1. The van der Waals surface area contributed by atoms with Gasteiger partial charge in [-0.05, 0) is 54.6 Å². The smallest absolute Gasteiger partial charge is 0.305 e. The molecule has 4 aromatic rings. The van der Waals surface area contributed by atoms with Crippen molar-refractivity contribution < 1.29 is 23.5 Å². The zero-order chi connectivity index (χ0) is 28.0. The van der Waals surface area contributed by atoms with Crippen LogP contribution < -0.4 is 19.8 Å². The van der Waals surface area contributed by atoms with Crippen LogP contribution in [0.5, 0.6) is 5.75 Å². The number of carbonyl (C=O) groups excluding carboxylic acids is 3. The lowest BCUT2D eigenvalue weighted by molar-refractivity contribution is -0.122. The molecule has 0 aliphatic carbocycles. The van der Waals surface area contributed by atoms with Crippen LogP contribution >= 0.6 is 39.0 Å². The zero-order valence-corrected chi connectivity index (χ0v) is 23.6. The summed E-state index contributed by atoms with van der Waals surface area (Å²) in [4.78, 5) is 56.8. The molecule has 0 radical (unpaired) electrons. The molecule has 202 valence electrons. The van der Waals surface area contributed by atoms with E-state index in [0.717, 1.165) is 15.8 Å². The van der Waals surface area contributed by atoms with Gasteiger partial charge in [-0.3, -0.25) is 19.2 Å². The number of anilines is 2. The molecule has 3 amide bonds. The molecule has 0 bridgehead atoms. The van der Waals surface area contributed by atoms with Gasteiger partial charge < -0.3 is 15.0 Å². The number of nitrogens with one attached hydrogen (secondary N) is 2. The Hall–Kier alpha value is -3.74. The van der Waals surface area contributed by atoms with E-state index in [-0.39, 0.29) is 23.3 Å². The van der Waals surface area contributed by atoms with Crippen LogP contribution in [0.3, 0.4) is 0 Å². The minimum Gasteiger partial charge on any atom is -0.483 e. The van der Waals surface area contributed by atoms with E-state index >= 15 is 0 Å². The molecule has 3 aromatic carbocycles. The summed E-state index contributed by atoms with van der Waals surface area (Å²) in [6, 6.07) is 19.2. The molecule has 1 aromatic heterocycles. The number of aromatic amines is 1. The van der Waals surface area contributed by atoms with Gasteiger partial charge in [0.15, 0.2) is 6.61 Å². The van der Waals surface area contributed by atoms with Crippen LogP contribution in [0.1, 0.15) is 16.4 Å². The number of rotatable bonds is 6. The van der Waals surface area contributed by atoms with Crippen molar-refractivity contribution in [2.45, 2.75) is 16.2 Å². The van der Waals surface area contributed by atoms with Gasteiger partial charge in [-0.2, -0.15) is 0 Å². The Morgan fingerprint density at radius 2 is 1.73 bits per heavy atom. The van der Waals surface area contributed by atoms with Crippen LogP contribution in [0.15, 0.2) is 87.1 Å². The number of fused-ring (bicyclic) bond motifs is 2. The van der Waals surface area contributed by atoms with Crippen molar-refractivity contribution in [3.63, 3.8) is 0 Å². The van der Waals surface area contributed by atoms with E-state index in [2.05, 4.69) is 26.2 Å². The number of amides is 3. The summed E-state index contributed by atoms with van der Waals surface area (Å²) in [7, 11) is 0. The number of nitrogens with zero attached hydrogens (tertiary/aromatic N) is 1. The quantitative estimate of drug-likeness (QED) is 0.283. The Balaban J connectivity index is 1.33. The first-order valence-electron chi connectivity index (χ1n) is 12.1. The second-order valence-corrected chi connectivity index (χ2v) is 12.2. The fourth-order valence-electron chi connectivity index (χ4n) is 4.94. The van der Waals surface area contributed by atoms with Gasteiger partial charge in [0.05, 0.1) is 16.6 Å². The van der Waals surface area contributed by atoms with E-state index in [1.807, 2.05) is 0 Å². The van der Waals surface area contributed by atoms with E-state index in [0.29, 0.717) is 32.6 Å². The van der Waals surface area contributed by atoms with Crippen molar-refractivity contribution in [3.05, 3.63) is 103 Å². The number of hydrogen-bond acceptors (Lipinski definition) is 7. The summed E-state index contributed by atoms with van der Waals surface area (Å²) >= 11 is 5.56. The summed E-state index contributed by atoms with van der Waals surface area (Å²) in [5, 5.41) is 2.44. The first kappa shape index (κ1) is 26.5. The number of carbonyl (C=O) groups is 3. The van der Waals surface area contributed by atoms with Crippen LogP contribution in [0, 0.1) is 11.7 Å². The Morgan fingerprint density at radius 1 is 1.00 bits per heavy atom. The fourth-order valence-corrected chi connectivity index (χ4v) is 7.71. The largest absolute Gasteiger partial charge is 0.483 e. The summed E-state index contributed by atoms with van der Waals surface area (Å²) in [6.45, 7) is -0.349. The Labute approximate surface area is 243 Å². The minimum absolute atomic E-state index is 0.288. The third-order valence-corrected chi connectivity index (χ3v) is 9.58. The lowest BCUT2D eigenvalue weighted by atomic mass is 9.82. The van der Waals surface area contributed by atoms with E-state index in [1.165, 1.54) is 40.9 Å². The van der Waals surface area contributed by atoms with Crippen LogP contribution in [0.2, 0.25) is 0 Å². The maximum atomic E-state index is 13.9. The number of para-hydroxylation sites is 1. The monoisotopic (exact) mass is 639 g/mol. The number of halogens is 2. The van der Waals surface area contributed by atoms with Gasteiger partial charge in [0.1, 0.15) is 16.8 Å². The molecule has 3 heterocycles. The Kier molecular flexibility index (Phi) is 7.07. The molecule has 1 saturated heterocycles. The number of benzene rings is 3. The molecule has 0 saturated carbocycles. The topological polar surface area (TPSA) is 109 Å². The molecule has 2 unspecified atom stereocenters. The van der Waals surface area contributed by atoms with Gasteiger partial charge in [0.25, 0.3) is 5.91 Å². The molecule has 40 heavy (non-hydrogen) atoms. The zero-order valence-electron chi connectivity index (χ0n) is 20.4. The normalized spacial score (nSPS) is 19.8. The maximum Gasteiger partial charge on any atom is 0.305 e. The Morgan fingerprint density at radius 3 is 2.48 bits per heavy atom. The molecule has 6 rings (SSSR count). The van der Waals surface area contributed by atoms with Gasteiger partial charge in [0.2, 0.25) is 11.8 Å². The maximum absolute atomic E-state index is 13.9. The first-order chi connectivity index (χ1) is 19.3. The fraction of sp³-hybridized carbons (Fsp3) is 0.143. The van der Waals surface area contributed by atoms with Crippen LogP contribution in [0.25, 0.3) is 0 Å². The van der Waals surface area contributed by atoms with Crippen LogP contribution in [-0.4, -0.2) is 34.6 Å². The van der Waals surface area contributed by atoms with E-state index < -0.39 is 28.8 Å². The molecule has 12 heteroatoms. The van der Waals surface area contributed by atoms with Crippen molar-refractivity contribution in [1.82, 2.24) is 4.98 Å². The second-order valence-electron chi connectivity index (χ2n) is 9.12. The number of thiazole rings is 1. The number of thioether (sulfide) groups is 1. The van der Waals surface area contributed by atoms with E-state index in [4.69, 9.17) is 4.74 Å². The number of ether oxygens (including phenoxy) is 1. The molecule has 2 N–H and O–H groups in total. The third-order valence-electron chi connectivity index (χ3n) is 6.65. The van der Waals surface area contributed by atoms with Gasteiger partial charge >= 0.3 is 4.87 Å². The number of hydrogen-bond donors (Lipinski definition) is 2. The Bertz CT molecular complexity index is 1690. The predicted molar refractivity (Wildman–Crippen MR) is 154 cm³/mol. The highest BCUT2D eigenvalue weighted by Crippen LogP contribution is 2.54. The molecule has 8 nitrogen and oxygen atoms in total. The van der Waals surface area contributed by atoms with Gasteiger partial charge in [-0.25, -0.2) is 9.29 Å². The molecular weight excluding hydrogens is 621 g/mol. The van der Waals surface area contributed by atoms with Crippen molar-refractivity contribution in [2.24, 2.45) is 5.92 Å². The van der Waals surface area contributed by atoms with Crippen LogP contribution in [0.4, 0.5) is 15.8 Å². The average molecular weight is 641 g/mol. The van der Waals surface area contributed by atoms with Crippen molar-refractivity contribution in [3.8, 4) is 5.75 Å². The van der Waals surface area contributed by atoms with Gasteiger partial charge in [-0.15, -0.1) is 0 Å². The predicted octanol–water partition coefficient (Wildman–Crippen LogP) is 5.15. The van der Waals surface area contributed by atoms with E-state index in [1.54, 1.807) is 48.5 Å². The lowest BCUT2D eigenvalue weighted by Crippen LogP contribution is -2.32. The summed E-state index contributed by atoms with van der Waals surface area (Å²) in [5.74, 6) is -2.71. The highest BCUT2D eigenvalue weighted by molar-refractivity contribution is 9.10. The minimum atomic E-state index is -0.794. The summed E-state index contributed by atoms with van der Waals surface area (Å²) in [6.07, 6.45) is 0. The summed E-state index contributed by atoms with van der Waals surface area (Å²) < 4.78 is 19.9. The van der Waals surface area contributed by atoms with Crippen LogP contribution in [-0.2, 0) is 14.4 Å². The average Bonchev–Trinajstić information content (AvgIpc) is 3.44. The highest BCUT2D eigenvalue weighted by atomic mass is 79.9. The van der Waals surface area contributed by atoms with E-state index in [9.17, 15) is 23.6 Å². The standard InChI is InChI=1S/C28H19BrFN3O5S2/c29-14-5-11-17(12-6-14)33-26(35)22-21(23-25(32-28(37)40-23)39-24(22)27(33)36)18-3-1-2-4-19(18)38-13-20(34)31-16-9-7-15(30)8-10-16/h1-12,21-22,24H,13H2,(H,31,34)(H,32,37)/t21-,22?,24?/m1/s1. The summed E-state index contributed by atoms with van der Waals surface area (Å²) in [5.41, 5.74) is 1.47. The number of aromatic nitrogens is 1. The first-order valence-corrected chi connectivity index (χ1v) is 14.6. The molecule has 2 aliphatic rings. The molecule has 2 aliphatic heterocycles. The van der Waals surface area contributed by atoms with Crippen molar-refractivity contribution >= 4 is 68.1 Å². The molecule has 0 spiro atoms. The molecular formula is C28H19BrFN3O5S2. The third kappa shape index (κ3) is 4.87. The number of imide groups is 1. The molecule has 1 fully saturated rings. The molecule has 3 atom stereocenters. The number of H-pyrrole nitrogens is 1. The second kappa shape index (κ2) is 10.7.